The summed E-state index contributed by atoms with van der Waals surface area (Å²) in [5.74, 6) is -2.72. The van der Waals surface area contributed by atoms with Crippen LogP contribution < -0.4 is 10.6 Å². The van der Waals surface area contributed by atoms with Crippen molar-refractivity contribution in [3.63, 3.8) is 0 Å². The van der Waals surface area contributed by atoms with Crippen LogP contribution in [0.2, 0.25) is 5.02 Å². The second-order valence-corrected chi connectivity index (χ2v) is 6.00. The number of nitrogens with one attached hydrogen (secondary N) is 2. The summed E-state index contributed by atoms with van der Waals surface area (Å²) in [4.78, 5) is 24.7. The second-order valence-electron chi connectivity index (χ2n) is 5.59. The number of carbonyl (C=O) groups is 2. The van der Waals surface area contributed by atoms with Crippen LogP contribution in [0.3, 0.4) is 0 Å². The van der Waals surface area contributed by atoms with Gasteiger partial charge in [0, 0.05) is 17.2 Å². The summed E-state index contributed by atoms with van der Waals surface area (Å²) in [6, 6.07) is 15.5. The van der Waals surface area contributed by atoms with Crippen molar-refractivity contribution in [2.75, 3.05) is 10.6 Å². The summed E-state index contributed by atoms with van der Waals surface area (Å²) < 4.78 is 26.6. The van der Waals surface area contributed by atoms with Gasteiger partial charge in [-0.25, -0.2) is 8.78 Å². The zero-order valence-electron chi connectivity index (χ0n) is 13.8. The molecule has 0 unspecified atom stereocenters. The van der Waals surface area contributed by atoms with Gasteiger partial charge in [0.15, 0.2) is 0 Å². The van der Waals surface area contributed by atoms with Crippen molar-refractivity contribution in [2.24, 2.45) is 0 Å². The molecule has 0 saturated carbocycles. The molecule has 136 valence electrons. The van der Waals surface area contributed by atoms with Crippen LogP contribution in [0.1, 0.15) is 20.7 Å². The third kappa shape index (κ3) is 4.48. The molecule has 0 radical (unpaired) electrons. The Kier molecular flexibility index (Phi) is 5.47. The molecule has 0 aliphatic heterocycles. The van der Waals surface area contributed by atoms with Gasteiger partial charge in [-0.05, 0) is 42.5 Å². The number of rotatable bonds is 4. The fourth-order valence-corrected chi connectivity index (χ4v) is 2.53. The predicted molar refractivity (Wildman–Crippen MR) is 100 cm³/mol. The van der Waals surface area contributed by atoms with Crippen molar-refractivity contribution in [3.8, 4) is 0 Å². The number of anilines is 2. The average Bonchev–Trinajstić information content (AvgIpc) is 2.66. The third-order valence-electron chi connectivity index (χ3n) is 3.69. The van der Waals surface area contributed by atoms with Gasteiger partial charge in [-0.2, -0.15) is 0 Å². The first-order valence-electron chi connectivity index (χ1n) is 7.86. The Labute approximate surface area is 158 Å². The van der Waals surface area contributed by atoms with Crippen LogP contribution in [0.15, 0.2) is 66.7 Å². The Bertz CT molecular complexity index is 1020. The Hall–Kier alpha value is -3.25. The van der Waals surface area contributed by atoms with E-state index in [4.69, 9.17) is 11.6 Å². The van der Waals surface area contributed by atoms with Gasteiger partial charge in [0.2, 0.25) is 0 Å². The second kappa shape index (κ2) is 7.97. The molecule has 0 heterocycles. The Morgan fingerprint density at radius 2 is 1.37 bits per heavy atom. The summed E-state index contributed by atoms with van der Waals surface area (Å²) in [7, 11) is 0. The molecule has 27 heavy (non-hydrogen) atoms. The Morgan fingerprint density at radius 1 is 0.741 bits per heavy atom. The van der Waals surface area contributed by atoms with Crippen LogP contribution >= 0.6 is 11.6 Å². The molecule has 2 amide bonds. The van der Waals surface area contributed by atoms with Gasteiger partial charge in [0.25, 0.3) is 11.8 Å². The molecular weight excluding hydrogens is 374 g/mol. The number of amides is 2. The Morgan fingerprint density at radius 3 is 2.00 bits per heavy atom. The number of hydrogen-bond acceptors (Lipinski definition) is 2. The SMILES string of the molecule is O=C(Nc1ccc(F)cc1F)c1cccc(C(=O)Nc2ccccc2Cl)c1. The third-order valence-corrected chi connectivity index (χ3v) is 4.02. The maximum absolute atomic E-state index is 13.7. The monoisotopic (exact) mass is 386 g/mol. The lowest BCUT2D eigenvalue weighted by atomic mass is 10.1. The number of hydrogen-bond donors (Lipinski definition) is 2. The van der Waals surface area contributed by atoms with E-state index in [1.54, 1.807) is 24.3 Å². The quantitative estimate of drug-likeness (QED) is 0.653. The van der Waals surface area contributed by atoms with E-state index in [1.165, 1.54) is 24.3 Å². The lowest BCUT2D eigenvalue weighted by Crippen LogP contribution is -2.16. The first-order valence-corrected chi connectivity index (χ1v) is 8.24. The van der Waals surface area contributed by atoms with Crippen molar-refractivity contribution in [2.45, 2.75) is 0 Å². The predicted octanol–water partition coefficient (Wildman–Crippen LogP) is 5.12. The molecule has 7 heteroatoms. The van der Waals surface area contributed by atoms with Gasteiger partial charge in [0.05, 0.1) is 16.4 Å². The average molecular weight is 387 g/mol. The molecule has 0 spiro atoms. The fourth-order valence-electron chi connectivity index (χ4n) is 2.34. The van der Waals surface area contributed by atoms with Gasteiger partial charge in [-0.3, -0.25) is 9.59 Å². The molecule has 0 aliphatic carbocycles. The normalized spacial score (nSPS) is 10.3. The highest BCUT2D eigenvalue weighted by Gasteiger charge is 2.13. The number of carbonyl (C=O) groups excluding carboxylic acids is 2. The van der Waals surface area contributed by atoms with Gasteiger partial charge in [-0.15, -0.1) is 0 Å². The van der Waals surface area contributed by atoms with E-state index in [9.17, 15) is 18.4 Å². The first-order chi connectivity index (χ1) is 12.9. The summed E-state index contributed by atoms with van der Waals surface area (Å²) in [5, 5.41) is 5.38. The molecule has 2 N–H and O–H groups in total. The standard InChI is InChI=1S/C20H13ClF2N2O2/c21-15-6-1-2-7-17(15)24-19(26)12-4-3-5-13(10-12)20(27)25-18-9-8-14(22)11-16(18)23/h1-11H,(H,24,26)(H,25,27). The van der Waals surface area contributed by atoms with Crippen LogP contribution in [0.4, 0.5) is 20.2 Å². The van der Waals surface area contributed by atoms with E-state index in [0.29, 0.717) is 16.8 Å². The lowest BCUT2D eigenvalue weighted by Gasteiger charge is -2.09. The topological polar surface area (TPSA) is 58.2 Å². The highest BCUT2D eigenvalue weighted by Crippen LogP contribution is 2.21. The summed E-state index contributed by atoms with van der Waals surface area (Å²) in [6.07, 6.45) is 0. The van der Waals surface area contributed by atoms with Crippen molar-refractivity contribution in [3.05, 3.63) is 94.5 Å². The van der Waals surface area contributed by atoms with E-state index in [1.807, 2.05) is 0 Å². The molecule has 0 aliphatic rings. The van der Waals surface area contributed by atoms with Crippen molar-refractivity contribution in [1.82, 2.24) is 0 Å². The van der Waals surface area contributed by atoms with Gasteiger partial charge in [0.1, 0.15) is 11.6 Å². The van der Waals surface area contributed by atoms with Crippen molar-refractivity contribution >= 4 is 34.8 Å². The molecular formula is C20H13ClF2N2O2. The minimum absolute atomic E-state index is 0.144. The molecule has 4 nitrogen and oxygen atoms in total. The molecule has 3 rings (SSSR count). The van der Waals surface area contributed by atoms with E-state index in [2.05, 4.69) is 10.6 Å². The van der Waals surface area contributed by atoms with Crippen LogP contribution in [0, 0.1) is 11.6 Å². The lowest BCUT2D eigenvalue weighted by molar-refractivity contribution is 0.102. The van der Waals surface area contributed by atoms with Crippen LogP contribution in [-0.4, -0.2) is 11.8 Å². The smallest absolute Gasteiger partial charge is 0.255 e. The molecule has 3 aromatic carbocycles. The Balaban J connectivity index is 1.77. The zero-order valence-corrected chi connectivity index (χ0v) is 14.6. The summed E-state index contributed by atoms with van der Waals surface area (Å²) >= 11 is 6.01. The van der Waals surface area contributed by atoms with Crippen molar-refractivity contribution < 1.29 is 18.4 Å². The largest absolute Gasteiger partial charge is 0.321 e. The molecule has 0 aromatic heterocycles. The molecule has 0 fully saturated rings. The number of halogens is 3. The van der Waals surface area contributed by atoms with E-state index >= 15 is 0 Å². The number of para-hydroxylation sites is 1. The zero-order chi connectivity index (χ0) is 19.4. The summed E-state index contributed by atoms with van der Waals surface area (Å²) in [5.41, 5.74) is 0.646. The molecule has 0 bridgehead atoms. The highest BCUT2D eigenvalue weighted by atomic mass is 35.5. The van der Waals surface area contributed by atoms with Crippen LogP contribution in [0.5, 0.6) is 0 Å². The van der Waals surface area contributed by atoms with E-state index in [0.717, 1.165) is 12.1 Å². The molecule has 3 aromatic rings. The highest BCUT2D eigenvalue weighted by molar-refractivity contribution is 6.33. The van der Waals surface area contributed by atoms with Crippen LogP contribution in [-0.2, 0) is 0 Å². The van der Waals surface area contributed by atoms with Crippen LogP contribution in [0.25, 0.3) is 0 Å². The van der Waals surface area contributed by atoms with Gasteiger partial charge < -0.3 is 10.6 Å². The maximum Gasteiger partial charge on any atom is 0.255 e. The van der Waals surface area contributed by atoms with Gasteiger partial charge in [-0.1, -0.05) is 29.8 Å². The van der Waals surface area contributed by atoms with Gasteiger partial charge >= 0.3 is 0 Å². The molecule has 0 atom stereocenters. The van der Waals surface area contributed by atoms with E-state index < -0.39 is 23.4 Å². The number of benzene rings is 3. The minimum Gasteiger partial charge on any atom is -0.321 e. The van der Waals surface area contributed by atoms with Crippen molar-refractivity contribution in [1.29, 1.82) is 0 Å². The maximum atomic E-state index is 13.7. The summed E-state index contributed by atoms with van der Waals surface area (Å²) in [6.45, 7) is 0. The first kappa shape index (κ1) is 18.5. The molecule has 0 saturated heterocycles. The van der Waals surface area contributed by atoms with E-state index in [-0.39, 0.29) is 16.8 Å². The minimum atomic E-state index is -0.893. The fraction of sp³-hybridized carbons (Fsp3) is 0.